The Balaban J connectivity index is 1.72. The van der Waals surface area contributed by atoms with Gasteiger partial charge in [0.2, 0.25) is 0 Å². The largest absolute Gasteiger partial charge is 0.465 e. The van der Waals surface area contributed by atoms with Crippen molar-refractivity contribution >= 4 is 29.7 Å². The molecule has 3 aromatic rings. The monoisotopic (exact) mass is 382 g/mol. The highest BCUT2D eigenvalue weighted by Gasteiger charge is 2.15. The van der Waals surface area contributed by atoms with Crippen LogP contribution in [0.2, 0.25) is 5.02 Å². The minimum absolute atomic E-state index is 0.392. The molecule has 0 atom stereocenters. The molecule has 1 heterocycles. The first-order chi connectivity index (χ1) is 13.1. The second kappa shape index (κ2) is 8.33. The maximum absolute atomic E-state index is 12.0. The van der Waals surface area contributed by atoms with Gasteiger partial charge in [-0.3, -0.25) is 4.79 Å². The Labute approximate surface area is 160 Å². The number of nitrogens with one attached hydrogen (secondary N) is 1. The molecule has 1 amide bonds. The topological polar surface area (TPSA) is 80.9 Å². The van der Waals surface area contributed by atoms with Crippen LogP contribution in [-0.2, 0) is 4.74 Å². The van der Waals surface area contributed by atoms with Crippen LogP contribution in [0.1, 0.15) is 26.5 Å². The van der Waals surface area contributed by atoms with Gasteiger partial charge in [0.1, 0.15) is 11.5 Å². The molecule has 7 heteroatoms. The van der Waals surface area contributed by atoms with E-state index in [2.05, 4.69) is 10.5 Å². The number of ether oxygens (including phenoxy) is 1. The number of methoxy groups -OCH3 is 1. The molecule has 0 unspecified atom stereocenters. The number of halogens is 1. The molecule has 1 N–H and O–H groups in total. The number of hydrogen-bond donors (Lipinski definition) is 1. The molecule has 0 fully saturated rings. The minimum atomic E-state index is -0.453. The van der Waals surface area contributed by atoms with Gasteiger partial charge in [-0.25, -0.2) is 10.2 Å². The van der Waals surface area contributed by atoms with Gasteiger partial charge >= 0.3 is 5.97 Å². The van der Waals surface area contributed by atoms with Crippen LogP contribution in [0.15, 0.2) is 70.2 Å². The standard InChI is InChI=1S/C20H15ClN2O4/c1-26-20(25)17-8-3-2-7-16(17)18-10-9-15(27-18)12-22-23-19(24)13-5-4-6-14(21)11-13/h2-12H,1H3,(H,23,24)/b22-12-. The fraction of sp³-hybridized carbons (Fsp3) is 0.0500. The van der Waals surface area contributed by atoms with Crippen molar-refractivity contribution in [2.45, 2.75) is 0 Å². The lowest BCUT2D eigenvalue weighted by Gasteiger charge is -2.04. The SMILES string of the molecule is COC(=O)c1ccccc1-c1ccc(/C=N\NC(=O)c2cccc(Cl)c2)o1. The summed E-state index contributed by atoms with van der Waals surface area (Å²) in [7, 11) is 1.32. The summed E-state index contributed by atoms with van der Waals surface area (Å²) in [6.07, 6.45) is 1.37. The lowest BCUT2D eigenvalue weighted by molar-refractivity contribution is 0.0601. The van der Waals surface area contributed by atoms with E-state index in [0.29, 0.717) is 33.2 Å². The van der Waals surface area contributed by atoms with Crippen molar-refractivity contribution < 1.29 is 18.7 Å². The minimum Gasteiger partial charge on any atom is -0.465 e. The van der Waals surface area contributed by atoms with E-state index in [-0.39, 0.29) is 0 Å². The Morgan fingerprint density at radius 2 is 1.93 bits per heavy atom. The van der Waals surface area contributed by atoms with E-state index in [4.69, 9.17) is 20.8 Å². The molecular formula is C20H15ClN2O4. The van der Waals surface area contributed by atoms with Gasteiger partial charge in [-0.05, 0) is 36.4 Å². The summed E-state index contributed by atoms with van der Waals surface area (Å²) in [6.45, 7) is 0. The maximum atomic E-state index is 12.0. The molecule has 0 saturated carbocycles. The lowest BCUT2D eigenvalue weighted by atomic mass is 10.1. The molecule has 0 spiro atoms. The Morgan fingerprint density at radius 3 is 2.70 bits per heavy atom. The van der Waals surface area contributed by atoms with Gasteiger partial charge < -0.3 is 9.15 Å². The first kappa shape index (κ1) is 18.4. The summed E-state index contributed by atoms with van der Waals surface area (Å²) in [5.74, 6) is 0.0530. The zero-order chi connectivity index (χ0) is 19.2. The van der Waals surface area contributed by atoms with Crippen LogP contribution >= 0.6 is 11.6 Å². The van der Waals surface area contributed by atoms with E-state index in [0.717, 1.165) is 0 Å². The predicted molar refractivity (Wildman–Crippen MR) is 102 cm³/mol. The summed E-state index contributed by atoms with van der Waals surface area (Å²) in [6, 6.07) is 16.9. The third kappa shape index (κ3) is 4.43. The number of esters is 1. The van der Waals surface area contributed by atoms with Crippen LogP contribution in [-0.4, -0.2) is 25.2 Å². The third-order valence-corrected chi connectivity index (χ3v) is 3.90. The zero-order valence-electron chi connectivity index (χ0n) is 14.3. The summed E-state index contributed by atoms with van der Waals surface area (Å²) in [5, 5.41) is 4.34. The first-order valence-electron chi connectivity index (χ1n) is 7.95. The fourth-order valence-electron chi connectivity index (χ4n) is 2.40. The quantitative estimate of drug-likeness (QED) is 0.408. The van der Waals surface area contributed by atoms with E-state index in [1.807, 2.05) is 0 Å². The predicted octanol–water partition coefficient (Wildman–Crippen LogP) is 4.15. The van der Waals surface area contributed by atoms with Gasteiger partial charge in [-0.1, -0.05) is 35.9 Å². The van der Waals surface area contributed by atoms with Gasteiger partial charge in [-0.2, -0.15) is 5.10 Å². The van der Waals surface area contributed by atoms with E-state index in [1.165, 1.54) is 13.3 Å². The third-order valence-electron chi connectivity index (χ3n) is 3.67. The van der Waals surface area contributed by atoms with Crippen molar-refractivity contribution in [3.05, 3.63) is 82.6 Å². The van der Waals surface area contributed by atoms with Crippen LogP contribution in [0.5, 0.6) is 0 Å². The molecular weight excluding hydrogens is 368 g/mol. The van der Waals surface area contributed by atoms with Gasteiger partial charge in [-0.15, -0.1) is 0 Å². The molecule has 0 aliphatic carbocycles. The number of furan rings is 1. The first-order valence-corrected chi connectivity index (χ1v) is 8.33. The van der Waals surface area contributed by atoms with E-state index >= 15 is 0 Å². The molecule has 27 heavy (non-hydrogen) atoms. The van der Waals surface area contributed by atoms with Crippen molar-refractivity contribution in [1.82, 2.24) is 5.43 Å². The van der Waals surface area contributed by atoms with E-state index < -0.39 is 11.9 Å². The van der Waals surface area contributed by atoms with Crippen molar-refractivity contribution in [3.63, 3.8) is 0 Å². The van der Waals surface area contributed by atoms with Crippen LogP contribution < -0.4 is 5.43 Å². The molecule has 0 saturated heterocycles. The lowest BCUT2D eigenvalue weighted by Crippen LogP contribution is -2.17. The van der Waals surface area contributed by atoms with Crippen LogP contribution in [0.4, 0.5) is 0 Å². The molecule has 136 valence electrons. The Hall–Kier alpha value is -3.38. The molecule has 2 aromatic carbocycles. The number of nitrogens with zero attached hydrogens (tertiary/aromatic N) is 1. The molecule has 0 radical (unpaired) electrons. The summed E-state index contributed by atoms with van der Waals surface area (Å²) in [4.78, 5) is 23.9. The average molecular weight is 383 g/mol. The smallest absolute Gasteiger partial charge is 0.338 e. The van der Waals surface area contributed by atoms with E-state index in [1.54, 1.807) is 60.7 Å². The number of amides is 1. The van der Waals surface area contributed by atoms with Crippen molar-refractivity contribution in [1.29, 1.82) is 0 Å². The number of carbonyl (C=O) groups excluding carboxylic acids is 2. The Kier molecular flexibility index (Phi) is 5.68. The molecule has 6 nitrogen and oxygen atoms in total. The van der Waals surface area contributed by atoms with Crippen LogP contribution in [0, 0.1) is 0 Å². The number of rotatable bonds is 5. The summed E-state index contributed by atoms with van der Waals surface area (Å²) in [5.41, 5.74) is 3.79. The zero-order valence-corrected chi connectivity index (χ0v) is 15.1. The second-order valence-electron chi connectivity index (χ2n) is 5.45. The average Bonchev–Trinajstić information content (AvgIpc) is 3.16. The summed E-state index contributed by atoms with van der Waals surface area (Å²) < 4.78 is 10.5. The maximum Gasteiger partial charge on any atom is 0.338 e. The van der Waals surface area contributed by atoms with Crippen molar-refractivity contribution in [2.24, 2.45) is 5.10 Å². The highest BCUT2D eigenvalue weighted by atomic mass is 35.5. The highest BCUT2D eigenvalue weighted by Crippen LogP contribution is 2.26. The molecule has 3 rings (SSSR count). The fourth-order valence-corrected chi connectivity index (χ4v) is 2.59. The van der Waals surface area contributed by atoms with Crippen molar-refractivity contribution in [3.8, 4) is 11.3 Å². The second-order valence-corrected chi connectivity index (χ2v) is 5.89. The van der Waals surface area contributed by atoms with E-state index in [9.17, 15) is 9.59 Å². The number of hydrogen-bond acceptors (Lipinski definition) is 5. The summed E-state index contributed by atoms with van der Waals surface area (Å²) >= 11 is 5.86. The number of carbonyl (C=O) groups is 2. The highest BCUT2D eigenvalue weighted by molar-refractivity contribution is 6.30. The van der Waals surface area contributed by atoms with Crippen LogP contribution in [0.3, 0.4) is 0 Å². The van der Waals surface area contributed by atoms with Gasteiger partial charge in [0.15, 0.2) is 0 Å². The number of benzene rings is 2. The molecule has 0 aliphatic heterocycles. The Morgan fingerprint density at radius 1 is 1.11 bits per heavy atom. The van der Waals surface area contributed by atoms with Gasteiger partial charge in [0.25, 0.3) is 5.91 Å². The molecule has 0 aliphatic rings. The Bertz CT molecular complexity index is 1010. The van der Waals surface area contributed by atoms with Crippen molar-refractivity contribution in [2.75, 3.05) is 7.11 Å². The van der Waals surface area contributed by atoms with Crippen LogP contribution in [0.25, 0.3) is 11.3 Å². The molecule has 0 bridgehead atoms. The van der Waals surface area contributed by atoms with Gasteiger partial charge in [0.05, 0.1) is 18.9 Å². The molecule has 1 aromatic heterocycles. The number of hydrazone groups is 1. The van der Waals surface area contributed by atoms with Gasteiger partial charge in [0, 0.05) is 16.1 Å². The normalized spacial score (nSPS) is 10.7.